The van der Waals surface area contributed by atoms with E-state index in [-0.39, 0.29) is 0 Å². The van der Waals surface area contributed by atoms with E-state index in [4.69, 9.17) is 0 Å². The van der Waals surface area contributed by atoms with Crippen molar-refractivity contribution in [1.29, 1.82) is 0 Å². The van der Waals surface area contributed by atoms with Gasteiger partial charge in [0.25, 0.3) is 0 Å². The van der Waals surface area contributed by atoms with E-state index >= 15 is 0 Å². The number of aryl methyl sites for hydroxylation is 2. The first-order valence-corrected chi connectivity index (χ1v) is 7.28. The summed E-state index contributed by atoms with van der Waals surface area (Å²) < 4.78 is 1.95. The van der Waals surface area contributed by atoms with Crippen LogP contribution in [-0.2, 0) is 6.54 Å². The highest BCUT2D eigenvalue weighted by molar-refractivity contribution is 5.87. The Labute approximate surface area is 124 Å². The van der Waals surface area contributed by atoms with Crippen molar-refractivity contribution in [3.05, 3.63) is 42.4 Å². The summed E-state index contributed by atoms with van der Waals surface area (Å²) in [6.07, 6.45) is 5.83. The Morgan fingerprint density at radius 1 is 1.14 bits per heavy atom. The summed E-state index contributed by atoms with van der Waals surface area (Å²) in [6, 6.07) is 8.24. The molecule has 108 valence electrons. The van der Waals surface area contributed by atoms with Gasteiger partial charge < -0.3 is 5.32 Å². The molecule has 0 aliphatic heterocycles. The molecule has 0 fully saturated rings. The number of fused-ring (bicyclic) bond motifs is 1. The van der Waals surface area contributed by atoms with Gasteiger partial charge >= 0.3 is 0 Å². The normalized spacial score (nSPS) is 11.0. The van der Waals surface area contributed by atoms with Crippen molar-refractivity contribution in [2.75, 3.05) is 5.32 Å². The molecular formula is C16H19N5. The molecule has 3 rings (SSSR count). The van der Waals surface area contributed by atoms with E-state index < -0.39 is 0 Å². The summed E-state index contributed by atoms with van der Waals surface area (Å²) in [7, 11) is 0. The van der Waals surface area contributed by atoms with Gasteiger partial charge in [-0.3, -0.25) is 4.68 Å². The van der Waals surface area contributed by atoms with Crippen LogP contribution in [0, 0.1) is 6.92 Å². The molecule has 0 aliphatic carbocycles. The van der Waals surface area contributed by atoms with Gasteiger partial charge in [0.05, 0.1) is 5.39 Å². The molecule has 2 heterocycles. The lowest BCUT2D eigenvalue weighted by Crippen LogP contribution is -1.97. The number of benzene rings is 1. The van der Waals surface area contributed by atoms with Crippen molar-refractivity contribution < 1.29 is 0 Å². The third-order valence-corrected chi connectivity index (χ3v) is 3.42. The first kappa shape index (κ1) is 13.5. The van der Waals surface area contributed by atoms with Gasteiger partial charge in [-0.25, -0.2) is 9.97 Å². The van der Waals surface area contributed by atoms with E-state index in [0.29, 0.717) is 0 Å². The highest BCUT2D eigenvalue weighted by atomic mass is 15.3. The van der Waals surface area contributed by atoms with Crippen LogP contribution in [0.3, 0.4) is 0 Å². The van der Waals surface area contributed by atoms with Crippen molar-refractivity contribution in [3.8, 4) is 0 Å². The smallest absolute Gasteiger partial charge is 0.186 e. The molecule has 0 unspecified atom stereocenters. The van der Waals surface area contributed by atoms with Crippen LogP contribution >= 0.6 is 0 Å². The zero-order valence-corrected chi connectivity index (χ0v) is 12.4. The van der Waals surface area contributed by atoms with Crippen LogP contribution in [0.5, 0.6) is 0 Å². The Kier molecular flexibility index (Phi) is 3.81. The number of aromatic nitrogens is 4. The second kappa shape index (κ2) is 5.91. The Bertz CT molecular complexity index is 730. The molecular weight excluding hydrogens is 262 g/mol. The average Bonchev–Trinajstić information content (AvgIpc) is 2.91. The Morgan fingerprint density at radius 3 is 2.71 bits per heavy atom. The minimum Gasteiger partial charge on any atom is -0.340 e. The predicted octanol–water partition coefficient (Wildman–Crippen LogP) is 3.68. The third-order valence-electron chi connectivity index (χ3n) is 3.42. The lowest BCUT2D eigenvalue weighted by Gasteiger charge is -2.05. The first-order valence-electron chi connectivity index (χ1n) is 7.28. The summed E-state index contributed by atoms with van der Waals surface area (Å²) in [5, 5.41) is 8.78. The van der Waals surface area contributed by atoms with Gasteiger partial charge in [0.2, 0.25) is 0 Å². The van der Waals surface area contributed by atoms with Gasteiger partial charge in [0.15, 0.2) is 5.65 Å². The Balaban J connectivity index is 1.90. The van der Waals surface area contributed by atoms with E-state index in [9.17, 15) is 0 Å². The maximum Gasteiger partial charge on any atom is 0.186 e. The van der Waals surface area contributed by atoms with Crippen LogP contribution in [0.2, 0.25) is 0 Å². The predicted molar refractivity (Wildman–Crippen MR) is 84.7 cm³/mol. The Morgan fingerprint density at radius 2 is 1.95 bits per heavy atom. The van der Waals surface area contributed by atoms with E-state index in [1.807, 2.05) is 23.0 Å². The molecule has 5 nitrogen and oxygen atoms in total. The molecule has 0 radical (unpaired) electrons. The minimum atomic E-state index is 0.732. The lowest BCUT2D eigenvalue weighted by atomic mass is 10.2. The molecule has 0 aliphatic rings. The van der Waals surface area contributed by atoms with E-state index in [1.54, 1.807) is 6.33 Å². The molecule has 0 spiro atoms. The third kappa shape index (κ3) is 3.02. The second-order valence-electron chi connectivity index (χ2n) is 5.20. The number of hydrogen-bond donors (Lipinski definition) is 1. The maximum atomic E-state index is 4.49. The second-order valence-corrected chi connectivity index (χ2v) is 5.20. The molecule has 1 aromatic carbocycles. The molecule has 1 N–H and O–H groups in total. The van der Waals surface area contributed by atoms with Crippen molar-refractivity contribution in [2.45, 2.75) is 33.2 Å². The van der Waals surface area contributed by atoms with Crippen LogP contribution in [0.15, 0.2) is 36.8 Å². The topological polar surface area (TPSA) is 55.6 Å². The Hall–Kier alpha value is -2.43. The monoisotopic (exact) mass is 281 g/mol. The van der Waals surface area contributed by atoms with E-state index in [2.05, 4.69) is 46.4 Å². The molecule has 3 aromatic rings. The molecule has 0 saturated heterocycles. The van der Waals surface area contributed by atoms with Gasteiger partial charge in [-0.05, 0) is 25.5 Å². The fraction of sp³-hybridized carbons (Fsp3) is 0.312. The zero-order chi connectivity index (χ0) is 14.7. The van der Waals surface area contributed by atoms with Gasteiger partial charge in [-0.2, -0.15) is 5.10 Å². The summed E-state index contributed by atoms with van der Waals surface area (Å²) in [5.41, 5.74) is 2.98. The number of rotatable bonds is 5. The average molecular weight is 281 g/mol. The van der Waals surface area contributed by atoms with Crippen molar-refractivity contribution >= 4 is 22.5 Å². The molecule has 0 saturated carbocycles. The van der Waals surface area contributed by atoms with Crippen molar-refractivity contribution in [3.63, 3.8) is 0 Å². The highest BCUT2D eigenvalue weighted by Crippen LogP contribution is 2.22. The van der Waals surface area contributed by atoms with Gasteiger partial charge in [0, 0.05) is 18.4 Å². The van der Waals surface area contributed by atoms with Crippen LogP contribution in [0.1, 0.15) is 25.3 Å². The zero-order valence-electron chi connectivity index (χ0n) is 12.4. The van der Waals surface area contributed by atoms with Crippen molar-refractivity contribution in [1.82, 2.24) is 19.7 Å². The van der Waals surface area contributed by atoms with Crippen LogP contribution < -0.4 is 5.32 Å². The molecule has 2 aromatic heterocycles. The minimum absolute atomic E-state index is 0.732. The van der Waals surface area contributed by atoms with Gasteiger partial charge in [-0.1, -0.05) is 31.0 Å². The SMILES string of the molecule is CCCCn1cc2c(Nc3ccc(C)cc3)ncnc2n1. The number of nitrogens with zero attached hydrogens (tertiary/aromatic N) is 4. The lowest BCUT2D eigenvalue weighted by molar-refractivity contribution is 0.575. The van der Waals surface area contributed by atoms with E-state index in [1.165, 1.54) is 5.56 Å². The van der Waals surface area contributed by atoms with Crippen LogP contribution in [0.4, 0.5) is 11.5 Å². The number of nitrogens with one attached hydrogen (secondary N) is 1. The largest absolute Gasteiger partial charge is 0.340 e. The standard InChI is InChI=1S/C16H19N5/c1-3-4-9-21-10-14-15(17-11-18-16(14)20-21)19-13-7-5-12(2)6-8-13/h5-8,10-11H,3-4,9H2,1-2H3,(H,17,18,19,20). The fourth-order valence-corrected chi connectivity index (χ4v) is 2.19. The highest BCUT2D eigenvalue weighted by Gasteiger charge is 2.08. The summed E-state index contributed by atoms with van der Waals surface area (Å²) in [5.74, 6) is 0.798. The summed E-state index contributed by atoms with van der Waals surface area (Å²) >= 11 is 0. The number of anilines is 2. The van der Waals surface area contributed by atoms with E-state index in [0.717, 1.165) is 41.9 Å². The molecule has 0 amide bonds. The molecule has 0 atom stereocenters. The fourth-order valence-electron chi connectivity index (χ4n) is 2.19. The van der Waals surface area contributed by atoms with Gasteiger partial charge in [-0.15, -0.1) is 0 Å². The quantitative estimate of drug-likeness (QED) is 0.775. The number of hydrogen-bond acceptors (Lipinski definition) is 4. The molecule has 5 heteroatoms. The molecule has 21 heavy (non-hydrogen) atoms. The summed E-state index contributed by atoms with van der Waals surface area (Å²) in [4.78, 5) is 8.59. The van der Waals surface area contributed by atoms with Gasteiger partial charge in [0.1, 0.15) is 12.1 Å². The summed E-state index contributed by atoms with van der Waals surface area (Å²) in [6.45, 7) is 5.16. The molecule has 0 bridgehead atoms. The first-order chi connectivity index (χ1) is 10.3. The number of unbranched alkanes of at least 4 members (excludes halogenated alkanes) is 1. The maximum absolute atomic E-state index is 4.49. The van der Waals surface area contributed by atoms with Crippen LogP contribution in [-0.4, -0.2) is 19.7 Å². The van der Waals surface area contributed by atoms with Crippen LogP contribution in [0.25, 0.3) is 11.0 Å². The van der Waals surface area contributed by atoms with Crippen molar-refractivity contribution in [2.24, 2.45) is 0 Å².